The van der Waals surface area contributed by atoms with E-state index >= 15 is 0 Å². The van der Waals surface area contributed by atoms with Crippen LogP contribution in [0.3, 0.4) is 0 Å². The maximum atomic E-state index is 13.6. The van der Waals surface area contributed by atoms with Crippen molar-refractivity contribution in [1.29, 1.82) is 0 Å². The number of nitrogens with zero attached hydrogens (tertiary/aromatic N) is 1. The molecule has 0 bridgehead atoms. The van der Waals surface area contributed by atoms with E-state index in [2.05, 4.69) is 10.6 Å². The van der Waals surface area contributed by atoms with Gasteiger partial charge in [0.1, 0.15) is 5.54 Å². The van der Waals surface area contributed by atoms with Gasteiger partial charge in [-0.15, -0.1) is 0 Å². The fraction of sp³-hybridized carbons (Fsp3) is 0.571. The minimum absolute atomic E-state index is 0.0255. The first-order chi connectivity index (χ1) is 14.7. The van der Waals surface area contributed by atoms with Crippen LogP contribution in [0.4, 0.5) is 10.5 Å². The Morgan fingerprint density at radius 1 is 1.29 bits per heavy atom. The third-order valence-electron chi connectivity index (χ3n) is 5.86. The first kappa shape index (κ1) is 24.7. The fourth-order valence-corrected chi connectivity index (χ4v) is 3.97. The lowest BCUT2D eigenvalue weighted by atomic mass is 9.77. The summed E-state index contributed by atoms with van der Waals surface area (Å²) in [5, 5.41) is 24.1. The van der Waals surface area contributed by atoms with Gasteiger partial charge in [0.25, 0.3) is 5.91 Å². The van der Waals surface area contributed by atoms with E-state index in [9.17, 15) is 24.4 Å². The Balaban J connectivity index is 2.31. The van der Waals surface area contributed by atoms with Gasteiger partial charge in [-0.05, 0) is 36.8 Å². The van der Waals surface area contributed by atoms with E-state index < -0.39 is 24.7 Å². The van der Waals surface area contributed by atoms with Crippen molar-refractivity contribution < 1.29 is 29.2 Å². The Hall–Kier alpha value is -2.59. The molecule has 2 rings (SSSR count). The first-order valence-electron chi connectivity index (χ1n) is 10.6. The molecule has 1 unspecified atom stereocenters. The molecule has 10 heteroatoms. The van der Waals surface area contributed by atoms with Gasteiger partial charge in [0.2, 0.25) is 5.91 Å². The first-order valence-corrected chi connectivity index (χ1v) is 10.6. The summed E-state index contributed by atoms with van der Waals surface area (Å²) in [6, 6.07) is 7.10. The molecular weight excluding hydrogens is 401 g/mol. The van der Waals surface area contributed by atoms with E-state index in [-0.39, 0.29) is 24.2 Å². The molecule has 0 aliphatic carbocycles. The zero-order valence-corrected chi connectivity index (χ0v) is 18.6. The number of nitrogens with one attached hydrogen (secondary N) is 2. The van der Waals surface area contributed by atoms with Crippen LogP contribution in [0, 0.1) is 5.92 Å². The van der Waals surface area contributed by atoms with Crippen molar-refractivity contribution in [3.8, 4) is 0 Å². The van der Waals surface area contributed by atoms with Crippen LogP contribution in [0.15, 0.2) is 24.3 Å². The Kier molecular flexibility index (Phi) is 8.47. The Morgan fingerprint density at radius 2 is 1.97 bits per heavy atom. The average molecular weight is 433 g/mol. The maximum absolute atomic E-state index is 13.6. The summed E-state index contributed by atoms with van der Waals surface area (Å²) < 4.78 is 4.75. The molecule has 31 heavy (non-hydrogen) atoms. The predicted molar refractivity (Wildman–Crippen MR) is 117 cm³/mol. The van der Waals surface area contributed by atoms with Crippen molar-refractivity contribution in [2.24, 2.45) is 5.92 Å². The van der Waals surface area contributed by atoms with Gasteiger partial charge in [-0.1, -0.05) is 39.0 Å². The highest BCUT2D eigenvalue weighted by Crippen LogP contribution is 2.34. The average Bonchev–Trinajstić information content (AvgIpc) is 2.73. The van der Waals surface area contributed by atoms with Gasteiger partial charge < -0.3 is 30.3 Å². The van der Waals surface area contributed by atoms with Gasteiger partial charge >= 0.3 is 13.2 Å². The molecule has 4 N–H and O–H groups in total. The molecule has 0 saturated carbocycles. The number of piperidine rings is 1. The second-order valence-corrected chi connectivity index (χ2v) is 8.10. The minimum Gasteiger partial charge on any atom is -0.453 e. The molecule has 0 radical (unpaired) electrons. The summed E-state index contributed by atoms with van der Waals surface area (Å²) in [7, 11) is -0.390. The number of alkyl carbamates (subject to hydrolysis) is 1. The van der Waals surface area contributed by atoms with E-state index in [1.807, 2.05) is 13.8 Å². The van der Waals surface area contributed by atoms with Crippen LogP contribution in [0.1, 0.15) is 45.6 Å². The molecule has 3 amide bonds. The van der Waals surface area contributed by atoms with Crippen LogP contribution >= 0.6 is 0 Å². The lowest BCUT2D eigenvalue weighted by molar-refractivity contribution is -0.128. The number of rotatable bonds is 8. The van der Waals surface area contributed by atoms with Crippen LogP contribution in [-0.2, 0) is 20.7 Å². The molecule has 1 aromatic rings. The number of hydrogen-bond acceptors (Lipinski definition) is 6. The van der Waals surface area contributed by atoms with Gasteiger partial charge in [-0.3, -0.25) is 9.59 Å². The normalized spacial score (nSPS) is 19.7. The van der Waals surface area contributed by atoms with Crippen LogP contribution in [0.25, 0.3) is 0 Å². The van der Waals surface area contributed by atoms with Gasteiger partial charge in [-0.2, -0.15) is 0 Å². The molecular formula is C21H32BN3O6. The van der Waals surface area contributed by atoms with Crippen LogP contribution in [0.5, 0.6) is 0 Å². The zero-order valence-electron chi connectivity index (χ0n) is 18.6. The molecule has 1 heterocycles. The van der Waals surface area contributed by atoms with Gasteiger partial charge in [-0.25, -0.2) is 4.79 Å². The Labute approximate surface area is 183 Å². The number of anilines is 1. The highest BCUT2D eigenvalue weighted by molar-refractivity contribution is 6.43. The largest absolute Gasteiger partial charge is 0.475 e. The third kappa shape index (κ3) is 5.56. The molecule has 1 fully saturated rings. The molecule has 9 nitrogen and oxygen atoms in total. The quantitative estimate of drug-likeness (QED) is 0.453. The van der Waals surface area contributed by atoms with Crippen LogP contribution < -0.4 is 15.5 Å². The molecule has 2 atom stereocenters. The highest BCUT2D eigenvalue weighted by atomic mass is 16.5. The SMILES string of the molecule is CC[C@H](NC(=O)Cc1ccccc1N1CCCC(NC(=O)OC)(C(C)C)C1=O)B(O)O. The van der Waals surface area contributed by atoms with E-state index in [0.717, 1.165) is 0 Å². The van der Waals surface area contributed by atoms with Gasteiger partial charge in [0.15, 0.2) is 0 Å². The van der Waals surface area contributed by atoms with Crippen LogP contribution in [0.2, 0.25) is 0 Å². The lowest BCUT2D eigenvalue weighted by Crippen LogP contribution is -2.65. The van der Waals surface area contributed by atoms with Crippen molar-refractivity contribution in [3.05, 3.63) is 29.8 Å². The Morgan fingerprint density at radius 3 is 2.55 bits per heavy atom. The Bertz CT molecular complexity index is 803. The number of carbonyl (C=O) groups is 3. The number of hydrogen-bond donors (Lipinski definition) is 4. The van der Waals surface area contributed by atoms with E-state index in [1.54, 1.807) is 36.1 Å². The lowest BCUT2D eigenvalue weighted by Gasteiger charge is -2.44. The number of benzene rings is 1. The second kappa shape index (κ2) is 10.6. The van der Waals surface area contributed by atoms with Crippen molar-refractivity contribution in [2.45, 2.75) is 57.9 Å². The summed E-state index contributed by atoms with van der Waals surface area (Å²) >= 11 is 0. The van der Waals surface area contributed by atoms with Gasteiger partial charge in [0.05, 0.1) is 19.5 Å². The number of methoxy groups -OCH3 is 1. The second-order valence-electron chi connectivity index (χ2n) is 8.10. The monoisotopic (exact) mass is 433 g/mol. The van der Waals surface area contributed by atoms with Crippen molar-refractivity contribution in [2.75, 3.05) is 18.6 Å². The summed E-state index contributed by atoms with van der Waals surface area (Å²) in [6.07, 6.45) is 0.839. The molecule has 1 aromatic carbocycles. The summed E-state index contributed by atoms with van der Waals surface area (Å²) in [5.74, 6) is -1.56. The molecule has 1 aliphatic heterocycles. The number of amides is 3. The molecule has 0 spiro atoms. The number of ether oxygens (including phenoxy) is 1. The molecule has 170 valence electrons. The van der Waals surface area contributed by atoms with Crippen molar-refractivity contribution in [1.82, 2.24) is 10.6 Å². The number of para-hydroxylation sites is 1. The van der Waals surface area contributed by atoms with E-state index in [1.165, 1.54) is 7.11 Å². The van der Waals surface area contributed by atoms with E-state index in [4.69, 9.17) is 4.74 Å². The predicted octanol–water partition coefficient (Wildman–Crippen LogP) is 1.01. The third-order valence-corrected chi connectivity index (χ3v) is 5.86. The number of carbonyl (C=O) groups excluding carboxylic acids is 3. The maximum Gasteiger partial charge on any atom is 0.475 e. The summed E-state index contributed by atoms with van der Waals surface area (Å²) in [5.41, 5.74) is 0.125. The standard InChI is InChI=1S/C21H32BN3O6/c1-5-17(22(29)30)23-18(26)13-15-9-6-7-10-16(15)25-12-8-11-21(14(2)3,19(25)27)24-20(28)31-4/h6-7,9-10,14,17,29-30H,5,8,11-13H2,1-4H3,(H,23,26)(H,24,28)/t17-,21?/m0/s1. The molecule has 1 aliphatic rings. The summed E-state index contributed by atoms with van der Waals surface area (Å²) in [4.78, 5) is 39.7. The molecule has 0 aromatic heterocycles. The zero-order chi connectivity index (χ0) is 23.2. The van der Waals surface area contributed by atoms with Gasteiger partial charge in [0, 0.05) is 12.2 Å². The van der Waals surface area contributed by atoms with Crippen molar-refractivity contribution >= 4 is 30.7 Å². The van der Waals surface area contributed by atoms with Crippen molar-refractivity contribution in [3.63, 3.8) is 0 Å². The minimum atomic E-state index is -1.65. The molecule has 1 saturated heterocycles. The smallest absolute Gasteiger partial charge is 0.453 e. The fourth-order valence-electron chi connectivity index (χ4n) is 3.97. The highest BCUT2D eigenvalue weighted by Gasteiger charge is 2.48. The van der Waals surface area contributed by atoms with E-state index in [0.29, 0.717) is 37.1 Å². The topological polar surface area (TPSA) is 128 Å². The summed E-state index contributed by atoms with van der Waals surface area (Å²) in [6.45, 7) is 5.95. The van der Waals surface area contributed by atoms with Crippen LogP contribution in [-0.4, -0.2) is 60.2 Å².